The zero-order chi connectivity index (χ0) is 27.7. The van der Waals surface area contributed by atoms with E-state index in [1.165, 1.54) is 0 Å². The smallest absolute Gasteiger partial charge is 0.323 e. The Morgan fingerprint density at radius 1 is 0.943 bits per heavy atom. The van der Waals surface area contributed by atoms with E-state index in [0.717, 1.165) is 0 Å². The topological polar surface area (TPSA) is 330 Å². The SMILES string of the molecule is N=C(N)NCCCC(N)C(=O)OCC(=O)C(O)C(O)C(O)CO.O=CC(O)C(O)C(O)C(O)CO. The highest BCUT2D eigenvalue weighted by atomic mass is 16.5. The van der Waals surface area contributed by atoms with Gasteiger partial charge < -0.3 is 72.3 Å². The van der Waals surface area contributed by atoms with Gasteiger partial charge in [-0.05, 0) is 12.8 Å². The van der Waals surface area contributed by atoms with Gasteiger partial charge in [0.15, 0.2) is 18.9 Å². The van der Waals surface area contributed by atoms with Gasteiger partial charge in [-0.1, -0.05) is 0 Å². The molecule has 0 aromatic rings. The maximum atomic E-state index is 11.5. The number of carbonyl (C=O) groups is 3. The Morgan fingerprint density at radius 3 is 1.91 bits per heavy atom. The molecule has 15 N–H and O–H groups in total. The van der Waals surface area contributed by atoms with Crippen LogP contribution in [0.3, 0.4) is 0 Å². The van der Waals surface area contributed by atoms with Crippen LogP contribution in [0.15, 0.2) is 0 Å². The van der Waals surface area contributed by atoms with Crippen LogP contribution in [0, 0.1) is 5.41 Å². The summed E-state index contributed by atoms with van der Waals surface area (Å²) in [4.78, 5) is 32.9. The van der Waals surface area contributed by atoms with Crippen LogP contribution in [0.25, 0.3) is 0 Å². The summed E-state index contributed by atoms with van der Waals surface area (Å²) in [5, 5.41) is 89.5. The van der Waals surface area contributed by atoms with E-state index in [-0.39, 0.29) is 18.7 Å². The monoisotopic (exact) mass is 516 g/mol. The number of Topliss-reactive ketones (excluding diaryl/α,β-unsaturated/α-hetero) is 1. The lowest BCUT2D eigenvalue weighted by molar-refractivity contribution is -0.156. The Balaban J connectivity index is 0. The minimum absolute atomic E-state index is 0.0258. The standard InChI is InChI=1S/C12H24N4O7.C6H12O6/c13-6(2-1-3-16-12(14)15)11(22)23-5-8(19)10(21)9(20)7(18)4-17;7-1-3(9)5(11)6(12)4(10)2-8/h6-7,9-10,17-18,20-21H,1-5,13H2,(H4,14,15,16);1,3-6,8-12H,2H2. The van der Waals surface area contributed by atoms with Crippen molar-refractivity contribution in [3.8, 4) is 0 Å². The van der Waals surface area contributed by atoms with Gasteiger partial charge in [-0.2, -0.15) is 0 Å². The van der Waals surface area contributed by atoms with Gasteiger partial charge in [0.2, 0.25) is 5.78 Å². The number of aldehydes is 1. The van der Waals surface area contributed by atoms with Gasteiger partial charge in [-0.15, -0.1) is 0 Å². The molecular formula is C18H36N4O13. The molecule has 0 aromatic carbocycles. The zero-order valence-electron chi connectivity index (χ0n) is 18.8. The molecule has 0 aliphatic carbocycles. The van der Waals surface area contributed by atoms with E-state index < -0.39 is 80.3 Å². The molecule has 0 saturated heterocycles. The first-order valence-electron chi connectivity index (χ1n) is 10.2. The van der Waals surface area contributed by atoms with Crippen LogP contribution < -0.4 is 16.8 Å². The number of nitrogens with two attached hydrogens (primary N) is 2. The van der Waals surface area contributed by atoms with Gasteiger partial charge >= 0.3 is 5.97 Å². The van der Waals surface area contributed by atoms with Gasteiger partial charge in [-0.3, -0.25) is 15.0 Å². The summed E-state index contributed by atoms with van der Waals surface area (Å²) in [6, 6.07) is -0.998. The number of aliphatic hydroxyl groups excluding tert-OH is 9. The molecule has 35 heavy (non-hydrogen) atoms. The fourth-order valence-electron chi connectivity index (χ4n) is 2.12. The van der Waals surface area contributed by atoms with E-state index in [9.17, 15) is 24.6 Å². The maximum absolute atomic E-state index is 11.5. The summed E-state index contributed by atoms with van der Waals surface area (Å²) in [5.41, 5.74) is 10.6. The molecule has 0 aliphatic heterocycles. The lowest BCUT2D eigenvalue weighted by Gasteiger charge is -2.22. The lowest BCUT2D eigenvalue weighted by Crippen LogP contribution is -2.46. The highest BCUT2D eigenvalue weighted by Crippen LogP contribution is 2.04. The van der Waals surface area contributed by atoms with Crippen LogP contribution in [0.5, 0.6) is 0 Å². The summed E-state index contributed by atoms with van der Waals surface area (Å²) < 4.78 is 4.61. The molecule has 0 aromatic heterocycles. The van der Waals surface area contributed by atoms with E-state index in [0.29, 0.717) is 13.0 Å². The first-order chi connectivity index (χ1) is 16.2. The minimum Gasteiger partial charge on any atom is -0.456 e. The van der Waals surface area contributed by atoms with Crippen LogP contribution >= 0.6 is 0 Å². The third kappa shape index (κ3) is 14.6. The van der Waals surface area contributed by atoms with Gasteiger partial charge in [0, 0.05) is 6.54 Å². The fourth-order valence-corrected chi connectivity index (χ4v) is 2.12. The molecule has 0 bridgehead atoms. The number of hydrogen-bond donors (Lipinski definition) is 13. The van der Waals surface area contributed by atoms with E-state index in [4.69, 9.17) is 52.6 Å². The average molecular weight is 517 g/mol. The number of aliphatic hydroxyl groups is 9. The number of hydrogen-bond acceptors (Lipinski definition) is 15. The third-order valence-electron chi connectivity index (χ3n) is 4.32. The second kappa shape index (κ2) is 18.9. The molecule has 8 unspecified atom stereocenters. The van der Waals surface area contributed by atoms with Crippen molar-refractivity contribution in [3.63, 3.8) is 0 Å². The quantitative estimate of drug-likeness (QED) is 0.0297. The predicted octanol–water partition coefficient (Wildman–Crippen LogP) is -7.61. The molecule has 0 amide bonds. The second-order valence-corrected chi connectivity index (χ2v) is 7.21. The van der Waals surface area contributed by atoms with Gasteiger partial charge in [-0.25, -0.2) is 0 Å². The van der Waals surface area contributed by atoms with Crippen molar-refractivity contribution in [1.82, 2.24) is 5.32 Å². The minimum atomic E-state index is -2.00. The van der Waals surface area contributed by atoms with E-state index in [1.54, 1.807) is 0 Å². The van der Waals surface area contributed by atoms with Crippen molar-refractivity contribution in [1.29, 1.82) is 5.41 Å². The number of esters is 1. The van der Waals surface area contributed by atoms with Crippen molar-refractivity contribution in [2.45, 2.75) is 61.6 Å². The lowest BCUT2D eigenvalue weighted by atomic mass is 10.0. The van der Waals surface area contributed by atoms with E-state index >= 15 is 0 Å². The van der Waals surface area contributed by atoms with E-state index in [1.807, 2.05) is 0 Å². The molecule has 0 spiro atoms. The van der Waals surface area contributed by atoms with Gasteiger partial charge in [0.1, 0.15) is 48.8 Å². The van der Waals surface area contributed by atoms with Crippen molar-refractivity contribution >= 4 is 24.0 Å². The van der Waals surface area contributed by atoms with Crippen molar-refractivity contribution in [2.75, 3.05) is 26.4 Å². The summed E-state index contributed by atoms with van der Waals surface area (Å²) >= 11 is 0. The molecule has 8 atom stereocenters. The number of nitrogens with one attached hydrogen (secondary N) is 2. The van der Waals surface area contributed by atoms with Crippen molar-refractivity contribution in [3.05, 3.63) is 0 Å². The molecule has 0 radical (unpaired) electrons. The summed E-state index contributed by atoms with van der Waals surface area (Å²) in [7, 11) is 0. The Hall–Kier alpha value is -2.32. The third-order valence-corrected chi connectivity index (χ3v) is 4.32. The second-order valence-electron chi connectivity index (χ2n) is 7.21. The largest absolute Gasteiger partial charge is 0.456 e. The summed E-state index contributed by atoms with van der Waals surface area (Å²) in [6.07, 6.45) is -11.8. The highest BCUT2D eigenvalue weighted by Gasteiger charge is 2.31. The van der Waals surface area contributed by atoms with Crippen LogP contribution in [-0.4, -0.2) is 145 Å². The Morgan fingerprint density at radius 2 is 1.46 bits per heavy atom. The number of guanidine groups is 1. The number of rotatable bonds is 16. The van der Waals surface area contributed by atoms with Gasteiger partial charge in [0.05, 0.1) is 13.2 Å². The molecule has 17 nitrogen and oxygen atoms in total. The maximum Gasteiger partial charge on any atom is 0.323 e. The molecule has 206 valence electrons. The average Bonchev–Trinajstić information content (AvgIpc) is 2.85. The van der Waals surface area contributed by atoms with Crippen LogP contribution in [-0.2, 0) is 19.1 Å². The van der Waals surface area contributed by atoms with E-state index in [2.05, 4.69) is 10.1 Å². The molecule has 0 saturated carbocycles. The van der Waals surface area contributed by atoms with Crippen molar-refractivity contribution < 1.29 is 65.1 Å². The van der Waals surface area contributed by atoms with Crippen LogP contribution in [0.4, 0.5) is 0 Å². The predicted molar refractivity (Wildman–Crippen MR) is 115 cm³/mol. The van der Waals surface area contributed by atoms with Gasteiger partial charge in [0.25, 0.3) is 0 Å². The van der Waals surface area contributed by atoms with Crippen LogP contribution in [0.2, 0.25) is 0 Å². The molecule has 0 aliphatic rings. The van der Waals surface area contributed by atoms with Crippen LogP contribution in [0.1, 0.15) is 12.8 Å². The molecule has 0 heterocycles. The number of carbonyl (C=O) groups excluding carboxylic acids is 3. The molecular weight excluding hydrogens is 480 g/mol. The Kier molecular flexibility index (Phi) is 18.9. The first kappa shape index (κ1) is 34.8. The number of ether oxygens (including phenoxy) is 1. The number of ketones is 1. The summed E-state index contributed by atoms with van der Waals surface area (Å²) in [6.45, 7) is -2.08. The molecule has 17 heteroatoms. The fraction of sp³-hybridized carbons (Fsp3) is 0.778. The normalized spacial score (nSPS) is 17.8. The molecule has 0 rings (SSSR count). The molecule has 0 fully saturated rings. The Labute approximate surface area is 200 Å². The summed E-state index contributed by atoms with van der Waals surface area (Å²) in [5.74, 6) is -2.11. The first-order valence-corrected chi connectivity index (χ1v) is 10.2. The zero-order valence-corrected chi connectivity index (χ0v) is 18.8. The highest BCUT2D eigenvalue weighted by molar-refractivity contribution is 5.87. The Bertz CT molecular complexity index is 642. The van der Waals surface area contributed by atoms with Crippen molar-refractivity contribution in [2.24, 2.45) is 11.5 Å².